The highest BCUT2D eigenvalue weighted by Gasteiger charge is 2.09. The first-order valence-electron chi connectivity index (χ1n) is 8.08. The molecule has 0 fully saturated rings. The maximum atomic E-state index is 8.86. The quantitative estimate of drug-likeness (QED) is 0.660. The summed E-state index contributed by atoms with van der Waals surface area (Å²) in [7, 11) is 0. The zero-order chi connectivity index (χ0) is 18.7. The van der Waals surface area contributed by atoms with Crippen molar-refractivity contribution < 1.29 is 0 Å². The summed E-state index contributed by atoms with van der Waals surface area (Å²) in [6.45, 7) is 6.12. The number of nitrogens with zero attached hydrogens (tertiary/aromatic N) is 4. The summed E-state index contributed by atoms with van der Waals surface area (Å²) in [5.41, 5.74) is 11.5. The van der Waals surface area contributed by atoms with Gasteiger partial charge in [0, 0.05) is 11.4 Å². The summed E-state index contributed by atoms with van der Waals surface area (Å²) in [6.07, 6.45) is 0. The third-order valence-corrected chi connectivity index (χ3v) is 3.84. The molecule has 130 valence electrons. The Kier molecular flexibility index (Phi) is 4.67. The second-order valence-electron chi connectivity index (χ2n) is 6.05. The minimum absolute atomic E-state index is 0.112. The van der Waals surface area contributed by atoms with Gasteiger partial charge in [0.2, 0.25) is 17.8 Å². The topological polar surface area (TPSA) is 113 Å². The van der Waals surface area contributed by atoms with Gasteiger partial charge in [0.1, 0.15) is 0 Å². The lowest BCUT2D eigenvalue weighted by atomic mass is 10.1. The maximum Gasteiger partial charge on any atom is 0.233 e. The number of nitrogens with two attached hydrogens (primary N) is 1. The van der Waals surface area contributed by atoms with Gasteiger partial charge in [-0.05, 0) is 56.2 Å². The van der Waals surface area contributed by atoms with Gasteiger partial charge in [-0.3, -0.25) is 0 Å². The highest BCUT2D eigenvalue weighted by atomic mass is 15.2. The predicted molar refractivity (Wildman–Crippen MR) is 103 cm³/mol. The van der Waals surface area contributed by atoms with Crippen LogP contribution in [0.5, 0.6) is 0 Å². The minimum atomic E-state index is 0.112. The van der Waals surface area contributed by atoms with Gasteiger partial charge in [-0.25, -0.2) is 0 Å². The van der Waals surface area contributed by atoms with Gasteiger partial charge < -0.3 is 16.4 Å². The van der Waals surface area contributed by atoms with Crippen LogP contribution in [-0.4, -0.2) is 15.0 Å². The average molecular weight is 345 g/mol. The lowest BCUT2D eigenvalue weighted by Gasteiger charge is -2.13. The van der Waals surface area contributed by atoms with Crippen molar-refractivity contribution in [3.05, 3.63) is 58.7 Å². The summed E-state index contributed by atoms with van der Waals surface area (Å²) in [6, 6.07) is 13.2. The van der Waals surface area contributed by atoms with E-state index in [0.717, 1.165) is 22.5 Å². The lowest BCUT2D eigenvalue weighted by Crippen LogP contribution is -2.08. The van der Waals surface area contributed by atoms with Crippen LogP contribution in [0.1, 0.15) is 22.3 Å². The molecular weight excluding hydrogens is 326 g/mol. The van der Waals surface area contributed by atoms with E-state index in [1.807, 2.05) is 13.8 Å². The Labute approximate surface area is 151 Å². The van der Waals surface area contributed by atoms with Crippen molar-refractivity contribution in [2.75, 3.05) is 16.4 Å². The summed E-state index contributed by atoms with van der Waals surface area (Å²) in [5.74, 6) is 0.803. The molecule has 7 nitrogen and oxygen atoms in total. The van der Waals surface area contributed by atoms with Crippen LogP contribution >= 0.6 is 0 Å². The molecule has 0 aliphatic rings. The maximum absolute atomic E-state index is 8.86. The van der Waals surface area contributed by atoms with Crippen LogP contribution < -0.4 is 16.4 Å². The molecule has 26 heavy (non-hydrogen) atoms. The van der Waals surface area contributed by atoms with E-state index in [1.165, 1.54) is 5.56 Å². The van der Waals surface area contributed by atoms with Crippen LogP contribution in [0.3, 0.4) is 0 Å². The van der Waals surface area contributed by atoms with Crippen molar-refractivity contribution in [1.29, 1.82) is 5.26 Å². The molecule has 0 aliphatic carbocycles. The van der Waals surface area contributed by atoms with Gasteiger partial charge in [0.05, 0.1) is 11.6 Å². The van der Waals surface area contributed by atoms with Crippen LogP contribution in [-0.2, 0) is 0 Å². The molecule has 2 aromatic carbocycles. The zero-order valence-electron chi connectivity index (χ0n) is 14.8. The highest BCUT2D eigenvalue weighted by molar-refractivity contribution is 5.65. The Balaban J connectivity index is 1.87. The predicted octanol–water partition coefficient (Wildman–Crippen LogP) is 3.74. The van der Waals surface area contributed by atoms with Gasteiger partial charge in [-0.2, -0.15) is 20.2 Å². The molecule has 0 bridgehead atoms. The molecule has 0 spiro atoms. The molecule has 0 aliphatic heterocycles. The molecule has 3 aromatic rings. The van der Waals surface area contributed by atoms with Gasteiger partial charge in [-0.15, -0.1) is 0 Å². The van der Waals surface area contributed by atoms with E-state index >= 15 is 0 Å². The standard InChI is InChI=1S/C19H19N7/c1-11-8-12(2)16(13(3)9-11)23-19-25-17(21)24-18(26-19)22-15-6-4-14(10-20)5-7-15/h4-9H,1-3H3,(H4,21,22,23,24,25,26). The molecule has 0 saturated carbocycles. The number of hydrogen-bond acceptors (Lipinski definition) is 7. The zero-order valence-corrected chi connectivity index (χ0v) is 14.8. The van der Waals surface area contributed by atoms with Crippen LogP contribution in [0, 0.1) is 32.1 Å². The van der Waals surface area contributed by atoms with Crippen LogP contribution in [0.25, 0.3) is 0 Å². The number of hydrogen-bond donors (Lipinski definition) is 3. The number of anilines is 5. The van der Waals surface area contributed by atoms with E-state index in [0.29, 0.717) is 17.5 Å². The molecule has 7 heteroatoms. The number of nitrogens with one attached hydrogen (secondary N) is 2. The summed E-state index contributed by atoms with van der Waals surface area (Å²) in [5, 5.41) is 15.2. The largest absolute Gasteiger partial charge is 0.368 e. The third-order valence-electron chi connectivity index (χ3n) is 3.84. The lowest BCUT2D eigenvalue weighted by molar-refractivity contribution is 1.07. The molecule has 0 atom stereocenters. The number of rotatable bonds is 4. The van der Waals surface area contributed by atoms with E-state index in [-0.39, 0.29) is 5.95 Å². The molecule has 1 heterocycles. The first-order valence-corrected chi connectivity index (χ1v) is 8.08. The van der Waals surface area contributed by atoms with Crippen molar-refractivity contribution >= 4 is 29.2 Å². The van der Waals surface area contributed by atoms with E-state index in [2.05, 4.69) is 50.7 Å². The van der Waals surface area contributed by atoms with Crippen LogP contribution in [0.4, 0.5) is 29.2 Å². The Morgan fingerprint density at radius 1 is 0.885 bits per heavy atom. The van der Waals surface area contributed by atoms with Gasteiger partial charge in [-0.1, -0.05) is 17.7 Å². The summed E-state index contributed by atoms with van der Waals surface area (Å²) >= 11 is 0. The van der Waals surface area contributed by atoms with Gasteiger partial charge in [0.15, 0.2) is 0 Å². The minimum Gasteiger partial charge on any atom is -0.368 e. The van der Waals surface area contributed by atoms with Gasteiger partial charge in [0.25, 0.3) is 0 Å². The summed E-state index contributed by atoms with van der Waals surface area (Å²) in [4.78, 5) is 12.7. The van der Waals surface area contributed by atoms with Crippen molar-refractivity contribution in [2.45, 2.75) is 20.8 Å². The van der Waals surface area contributed by atoms with E-state index in [1.54, 1.807) is 24.3 Å². The number of aromatic nitrogens is 3. The highest BCUT2D eigenvalue weighted by Crippen LogP contribution is 2.25. The second-order valence-corrected chi connectivity index (χ2v) is 6.05. The Morgan fingerprint density at radius 2 is 1.46 bits per heavy atom. The normalized spacial score (nSPS) is 10.2. The van der Waals surface area contributed by atoms with E-state index < -0.39 is 0 Å². The molecule has 0 amide bonds. The van der Waals surface area contributed by atoms with Crippen LogP contribution in [0.15, 0.2) is 36.4 Å². The molecule has 0 saturated heterocycles. The third kappa shape index (κ3) is 3.87. The smallest absolute Gasteiger partial charge is 0.233 e. The number of aryl methyl sites for hydroxylation is 3. The molecule has 3 rings (SSSR count). The number of nitrogen functional groups attached to an aromatic ring is 1. The first kappa shape index (κ1) is 17.2. The fraction of sp³-hybridized carbons (Fsp3) is 0.158. The number of benzene rings is 2. The molecule has 1 aromatic heterocycles. The molecule has 0 radical (unpaired) electrons. The van der Waals surface area contributed by atoms with Crippen molar-refractivity contribution in [3.63, 3.8) is 0 Å². The van der Waals surface area contributed by atoms with Crippen molar-refractivity contribution in [1.82, 2.24) is 15.0 Å². The Morgan fingerprint density at radius 3 is 2.04 bits per heavy atom. The summed E-state index contributed by atoms with van der Waals surface area (Å²) < 4.78 is 0. The Hall–Kier alpha value is -3.66. The van der Waals surface area contributed by atoms with Crippen molar-refractivity contribution in [2.24, 2.45) is 0 Å². The average Bonchev–Trinajstić information content (AvgIpc) is 2.58. The molecule has 0 unspecified atom stereocenters. The van der Waals surface area contributed by atoms with Crippen LogP contribution in [0.2, 0.25) is 0 Å². The Bertz CT molecular complexity index is 965. The SMILES string of the molecule is Cc1cc(C)c(Nc2nc(N)nc(Nc3ccc(C#N)cc3)n2)c(C)c1. The molecular formula is C19H19N7. The van der Waals surface area contributed by atoms with Crippen molar-refractivity contribution in [3.8, 4) is 6.07 Å². The van der Waals surface area contributed by atoms with Gasteiger partial charge >= 0.3 is 0 Å². The molecule has 4 N–H and O–H groups in total. The fourth-order valence-electron chi connectivity index (χ4n) is 2.75. The first-order chi connectivity index (χ1) is 12.4. The second kappa shape index (κ2) is 7.07. The monoisotopic (exact) mass is 345 g/mol. The van der Waals surface area contributed by atoms with E-state index in [9.17, 15) is 0 Å². The fourth-order valence-corrected chi connectivity index (χ4v) is 2.75. The number of nitriles is 1. The van der Waals surface area contributed by atoms with E-state index in [4.69, 9.17) is 11.0 Å².